The molecule has 17 heavy (non-hydrogen) atoms. The molecule has 0 fully saturated rings. The Kier molecular flexibility index (Phi) is 3.35. The first-order valence-electron chi connectivity index (χ1n) is 4.99. The number of hydrogen-bond donors (Lipinski definition) is 3. The lowest BCUT2D eigenvalue weighted by atomic mass is 10.1. The number of nitrogens with zero attached hydrogens (tertiary/aromatic N) is 4. The Morgan fingerprint density at radius 1 is 1.29 bits per heavy atom. The third kappa shape index (κ3) is 3.16. The Labute approximate surface area is 99.4 Å². The molecule has 0 aromatic carbocycles. The number of nitrogens with two attached hydrogens (primary N) is 2. The van der Waals surface area contributed by atoms with Crippen LogP contribution in [0.25, 0.3) is 0 Å². The predicted octanol–water partition coefficient (Wildman–Crippen LogP) is -0.804. The van der Waals surface area contributed by atoms with Gasteiger partial charge in [0.1, 0.15) is 5.54 Å². The normalized spacial score (nSPS) is 11.1. The molecule has 0 saturated carbocycles. The van der Waals surface area contributed by atoms with Crippen molar-refractivity contribution in [2.45, 2.75) is 19.4 Å². The van der Waals surface area contributed by atoms with E-state index in [4.69, 9.17) is 11.5 Å². The first-order valence-corrected chi connectivity index (χ1v) is 4.99. The molecule has 0 atom stereocenters. The number of anilines is 3. The molecule has 94 valence electrons. The molecule has 0 aliphatic rings. The number of nitrogens with one attached hydrogen (secondary N) is 1. The van der Waals surface area contributed by atoms with E-state index in [9.17, 15) is 4.79 Å². The molecule has 0 aliphatic carbocycles. The SMILES string of the molecule is CN(C)c1nc(N)nc(NC(C)(C)C(N)=O)n1. The highest BCUT2D eigenvalue weighted by Crippen LogP contribution is 2.14. The molecule has 0 saturated heterocycles. The first kappa shape index (κ1) is 12.9. The van der Waals surface area contributed by atoms with Crippen molar-refractivity contribution < 1.29 is 4.79 Å². The van der Waals surface area contributed by atoms with Gasteiger partial charge in [0.15, 0.2) is 0 Å². The molecule has 0 spiro atoms. The molecule has 5 N–H and O–H groups in total. The van der Waals surface area contributed by atoms with Gasteiger partial charge in [0.05, 0.1) is 0 Å². The summed E-state index contributed by atoms with van der Waals surface area (Å²) in [5, 5.41) is 2.81. The Balaban J connectivity index is 3.03. The van der Waals surface area contributed by atoms with Crippen molar-refractivity contribution in [3.8, 4) is 0 Å². The van der Waals surface area contributed by atoms with Gasteiger partial charge in [-0.25, -0.2) is 0 Å². The standard InChI is InChI=1S/C9H17N7O/c1-9(2,5(10)17)15-7-12-6(11)13-8(14-7)16(3)4/h1-4H3,(H2,10,17)(H3,11,12,13,14,15). The van der Waals surface area contributed by atoms with E-state index in [-0.39, 0.29) is 11.9 Å². The largest absolute Gasteiger partial charge is 0.368 e. The lowest BCUT2D eigenvalue weighted by molar-refractivity contribution is -0.121. The van der Waals surface area contributed by atoms with Gasteiger partial charge in [-0.05, 0) is 13.8 Å². The Hall–Kier alpha value is -2.12. The second kappa shape index (κ2) is 4.40. The highest BCUT2D eigenvalue weighted by Gasteiger charge is 2.26. The Morgan fingerprint density at radius 3 is 2.35 bits per heavy atom. The van der Waals surface area contributed by atoms with Gasteiger partial charge >= 0.3 is 0 Å². The summed E-state index contributed by atoms with van der Waals surface area (Å²) in [6.45, 7) is 3.26. The molecule has 0 aliphatic heterocycles. The molecule has 1 amide bonds. The van der Waals surface area contributed by atoms with Crippen LogP contribution in [0.1, 0.15) is 13.8 Å². The summed E-state index contributed by atoms with van der Waals surface area (Å²) in [4.78, 5) is 24.8. The summed E-state index contributed by atoms with van der Waals surface area (Å²) in [7, 11) is 3.55. The van der Waals surface area contributed by atoms with E-state index >= 15 is 0 Å². The zero-order valence-electron chi connectivity index (χ0n) is 10.4. The lowest BCUT2D eigenvalue weighted by Gasteiger charge is -2.22. The van der Waals surface area contributed by atoms with Gasteiger partial charge in [0, 0.05) is 14.1 Å². The minimum atomic E-state index is -0.961. The average molecular weight is 239 g/mol. The number of carbonyl (C=O) groups is 1. The fraction of sp³-hybridized carbons (Fsp3) is 0.556. The number of nitrogen functional groups attached to an aromatic ring is 1. The molecule has 1 rings (SSSR count). The molecule has 0 radical (unpaired) electrons. The summed E-state index contributed by atoms with van der Waals surface area (Å²) < 4.78 is 0. The fourth-order valence-corrected chi connectivity index (χ4v) is 0.978. The molecule has 1 aromatic heterocycles. The molecule has 0 bridgehead atoms. The number of rotatable bonds is 4. The van der Waals surface area contributed by atoms with E-state index in [1.165, 1.54) is 0 Å². The van der Waals surface area contributed by atoms with E-state index in [0.717, 1.165) is 0 Å². The van der Waals surface area contributed by atoms with Crippen LogP contribution in [0.4, 0.5) is 17.8 Å². The van der Waals surface area contributed by atoms with Crippen molar-refractivity contribution in [3.63, 3.8) is 0 Å². The van der Waals surface area contributed by atoms with E-state index in [1.807, 2.05) is 0 Å². The zero-order valence-corrected chi connectivity index (χ0v) is 10.4. The minimum absolute atomic E-state index is 0.0754. The van der Waals surface area contributed by atoms with Crippen LogP contribution in [0.5, 0.6) is 0 Å². The molecular formula is C9H17N7O. The predicted molar refractivity (Wildman–Crippen MR) is 65.5 cm³/mol. The van der Waals surface area contributed by atoms with Crippen LogP contribution in [0.2, 0.25) is 0 Å². The second-order valence-electron chi connectivity index (χ2n) is 4.33. The van der Waals surface area contributed by atoms with E-state index < -0.39 is 11.4 Å². The number of aromatic nitrogens is 3. The summed E-state index contributed by atoms with van der Waals surface area (Å²) >= 11 is 0. The Bertz CT molecular complexity index is 429. The number of hydrogen-bond acceptors (Lipinski definition) is 7. The number of amides is 1. The van der Waals surface area contributed by atoms with Gasteiger partial charge in [-0.2, -0.15) is 15.0 Å². The second-order valence-corrected chi connectivity index (χ2v) is 4.33. The monoisotopic (exact) mass is 239 g/mol. The molecule has 8 heteroatoms. The van der Waals surface area contributed by atoms with Crippen LogP contribution in [-0.4, -0.2) is 40.5 Å². The Morgan fingerprint density at radius 2 is 1.88 bits per heavy atom. The van der Waals surface area contributed by atoms with Gasteiger partial charge in [-0.1, -0.05) is 0 Å². The fourth-order valence-electron chi connectivity index (χ4n) is 0.978. The average Bonchev–Trinajstić information content (AvgIpc) is 2.15. The molecular weight excluding hydrogens is 222 g/mol. The maximum atomic E-state index is 11.2. The first-order chi connectivity index (χ1) is 7.72. The van der Waals surface area contributed by atoms with Crippen molar-refractivity contribution in [2.75, 3.05) is 30.0 Å². The van der Waals surface area contributed by atoms with Crippen LogP contribution in [0.15, 0.2) is 0 Å². The van der Waals surface area contributed by atoms with Crippen molar-refractivity contribution in [1.82, 2.24) is 15.0 Å². The molecule has 0 unspecified atom stereocenters. The quantitative estimate of drug-likeness (QED) is 0.628. The van der Waals surface area contributed by atoms with Crippen molar-refractivity contribution in [2.24, 2.45) is 5.73 Å². The van der Waals surface area contributed by atoms with Gasteiger partial charge < -0.3 is 21.7 Å². The van der Waals surface area contributed by atoms with E-state index in [0.29, 0.717) is 5.95 Å². The van der Waals surface area contributed by atoms with Crippen LogP contribution in [0.3, 0.4) is 0 Å². The maximum absolute atomic E-state index is 11.2. The molecule has 8 nitrogen and oxygen atoms in total. The summed E-state index contributed by atoms with van der Waals surface area (Å²) in [6, 6.07) is 0. The molecule has 1 heterocycles. The van der Waals surface area contributed by atoms with E-state index in [2.05, 4.69) is 20.3 Å². The maximum Gasteiger partial charge on any atom is 0.242 e. The van der Waals surface area contributed by atoms with Crippen molar-refractivity contribution in [3.05, 3.63) is 0 Å². The van der Waals surface area contributed by atoms with Crippen LogP contribution in [0, 0.1) is 0 Å². The van der Waals surface area contributed by atoms with Crippen LogP contribution in [-0.2, 0) is 4.79 Å². The van der Waals surface area contributed by atoms with Gasteiger partial charge in [0.2, 0.25) is 23.8 Å². The van der Waals surface area contributed by atoms with Crippen LogP contribution >= 0.6 is 0 Å². The van der Waals surface area contributed by atoms with Gasteiger partial charge in [-0.15, -0.1) is 0 Å². The summed E-state index contributed by atoms with van der Waals surface area (Å²) in [5.41, 5.74) is 9.83. The molecule has 1 aromatic rings. The highest BCUT2D eigenvalue weighted by atomic mass is 16.1. The van der Waals surface area contributed by atoms with Crippen LogP contribution < -0.4 is 21.7 Å². The van der Waals surface area contributed by atoms with Gasteiger partial charge in [-0.3, -0.25) is 4.79 Å². The van der Waals surface area contributed by atoms with Gasteiger partial charge in [0.25, 0.3) is 0 Å². The summed E-state index contributed by atoms with van der Waals surface area (Å²) in [6.07, 6.45) is 0. The third-order valence-electron chi connectivity index (χ3n) is 2.08. The highest BCUT2D eigenvalue weighted by molar-refractivity contribution is 5.86. The number of primary amides is 1. The summed E-state index contributed by atoms with van der Waals surface area (Å²) in [5.74, 6) is 0.180. The van der Waals surface area contributed by atoms with E-state index in [1.54, 1.807) is 32.8 Å². The minimum Gasteiger partial charge on any atom is -0.368 e. The van der Waals surface area contributed by atoms with Crippen molar-refractivity contribution >= 4 is 23.8 Å². The lowest BCUT2D eigenvalue weighted by Crippen LogP contribution is -2.45. The zero-order chi connectivity index (χ0) is 13.2. The third-order valence-corrected chi connectivity index (χ3v) is 2.08. The smallest absolute Gasteiger partial charge is 0.242 e. The van der Waals surface area contributed by atoms with Crippen molar-refractivity contribution in [1.29, 1.82) is 0 Å². The number of carbonyl (C=O) groups excluding carboxylic acids is 1. The topological polar surface area (TPSA) is 123 Å².